The zero-order valence-electron chi connectivity index (χ0n) is 10.5. The third kappa shape index (κ3) is 3.49. The van der Waals surface area contributed by atoms with Gasteiger partial charge in [0.05, 0.1) is 5.02 Å². The molecule has 0 aliphatic rings. The van der Waals surface area contributed by atoms with Gasteiger partial charge < -0.3 is 4.57 Å². The van der Waals surface area contributed by atoms with Crippen LogP contribution in [0.2, 0.25) is 10.2 Å². The van der Waals surface area contributed by atoms with Crippen LogP contribution in [0.4, 0.5) is 0 Å². The van der Waals surface area contributed by atoms with Crippen LogP contribution >= 0.6 is 23.2 Å². The number of pyridine rings is 1. The zero-order valence-corrected chi connectivity index (χ0v) is 12.9. The minimum Gasteiger partial charge on any atom is -0.338 e. The van der Waals surface area contributed by atoms with Crippen LogP contribution in [0.25, 0.3) is 0 Å². The molecule has 9 heteroatoms. The van der Waals surface area contributed by atoms with Crippen molar-refractivity contribution in [2.75, 3.05) is 6.54 Å². The smallest absolute Gasteiger partial charge is 0.242 e. The van der Waals surface area contributed by atoms with Crippen molar-refractivity contribution in [2.45, 2.75) is 11.3 Å². The molecule has 0 aliphatic heterocycles. The Balaban J connectivity index is 2.04. The fraction of sp³-hybridized carbons (Fsp3) is 0.273. The first-order valence-corrected chi connectivity index (χ1v) is 7.91. The van der Waals surface area contributed by atoms with Crippen LogP contribution in [0.15, 0.2) is 29.6 Å². The first kappa shape index (κ1) is 15.2. The van der Waals surface area contributed by atoms with Crippen molar-refractivity contribution >= 4 is 33.2 Å². The minimum absolute atomic E-state index is 0.0215. The van der Waals surface area contributed by atoms with Gasteiger partial charge in [0.15, 0.2) is 0 Å². The molecule has 0 aliphatic carbocycles. The first-order chi connectivity index (χ1) is 9.40. The van der Waals surface area contributed by atoms with Gasteiger partial charge in [0.2, 0.25) is 10.0 Å². The summed E-state index contributed by atoms with van der Waals surface area (Å²) in [6.07, 6.45) is 5.11. The molecule has 2 aromatic heterocycles. The Hall–Kier alpha value is -1.15. The number of rotatable bonds is 5. The van der Waals surface area contributed by atoms with Crippen LogP contribution in [-0.2, 0) is 23.5 Å². The molecule has 2 heterocycles. The third-order valence-electron chi connectivity index (χ3n) is 2.64. The van der Waals surface area contributed by atoms with E-state index in [4.69, 9.17) is 23.2 Å². The summed E-state index contributed by atoms with van der Waals surface area (Å²) >= 11 is 11.4. The number of nitrogens with zero attached hydrogens (tertiary/aromatic N) is 3. The summed E-state index contributed by atoms with van der Waals surface area (Å²) in [7, 11) is -1.81. The van der Waals surface area contributed by atoms with Crippen molar-refractivity contribution in [2.24, 2.45) is 7.05 Å². The molecule has 0 spiro atoms. The van der Waals surface area contributed by atoms with E-state index < -0.39 is 10.0 Å². The lowest BCUT2D eigenvalue weighted by Gasteiger charge is -2.07. The highest BCUT2D eigenvalue weighted by Crippen LogP contribution is 2.21. The predicted molar refractivity (Wildman–Crippen MR) is 76.4 cm³/mol. The molecule has 2 rings (SSSR count). The summed E-state index contributed by atoms with van der Waals surface area (Å²) in [5.74, 6) is 0.792. The molecule has 20 heavy (non-hydrogen) atoms. The Morgan fingerprint density at radius 1 is 1.35 bits per heavy atom. The number of nitrogens with one attached hydrogen (secondary N) is 1. The fourth-order valence-corrected chi connectivity index (χ4v) is 2.90. The van der Waals surface area contributed by atoms with Crippen LogP contribution in [0.3, 0.4) is 0 Å². The molecule has 0 bridgehead atoms. The number of hydrogen-bond acceptors (Lipinski definition) is 4. The maximum Gasteiger partial charge on any atom is 0.242 e. The van der Waals surface area contributed by atoms with E-state index in [1.54, 1.807) is 12.4 Å². The van der Waals surface area contributed by atoms with Crippen LogP contribution in [-0.4, -0.2) is 29.5 Å². The van der Waals surface area contributed by atoms with Gasteiger partial charge in [-0.2, -0.15) is 0 Å². The molecule has 108 valence electrons. The van der Waals surface area contributed by atoms with Gasteiger partial charge in [-0.3, -0.25) is 0 Å². The second-order valence-corrected chi connectivity index (χ2v) is 6.58. The molecule has 0 saturated carbocycles. The molecule has 0 unspecified atom stereocenters. The summed E-state index contributed by atoms with van der Waals surface area (Å²) in [6.45, 7) is 0.230. The first-order valence-electron chi connectivity index (χ1n) is 5.67. The highest BCUT2D eigenvalue weighted by Gasteiger charge is 2.16. The van der Waals surface area contributed by atoms with Crippen LogP contribution in [0.5, 0.6) is 0 Å². The van der Waals surface area contributed by atoms with E-state index in [2.05, 4.69) is 14.7 Å². The molecule has 1 N–H and O–H groups in total. The lowest BCUT2D eigenvalue weighted by molar-refractivity contribution is 0.579. The van der Waals surface area contributed by atoms with Crippen molar-refractivity contribution in [3.05, 3.63) is 40.7 Å². The van der Waals surface area contributed by atoms with E-state index in [0.29, 0.717) is 6.42 Å². The normalized spacial score (nSPS) is 11.8. The van der Waals surface area contributed by atoms with Crippen molar-refractivity contribution in [1.29, 1.82) is 0 Å². The number of aryl methyl sites for hydroxylation is 1. The van der Waals surface area contributed by atoms with Crippen molar-refractivity contribution in [1.82, 2.24) is 19.3 Å². The molecule has 6 nitrogen and oxygen atoms in total. The second-order valence-electron chi connectivity index (χ2n) is 4.05. The van der Waals surface area contributed by atoms with E-state index in [9.17, 15) is 8.42 Å². The van der Waals surface area contributed by atoms with E-state index in [1.165, 1.54) is 6.07 Å². The fourth-order valence-electron chi connectivity index (χ4n) is 1.57. The zero-order chi connectivity index (χ0) is 14.8. The summed E-state index contributed by atoms with van der Waals surface area (Å²) in [5.41, 5.74) is 0. The number of aromatic nitrogens is 3. The number of imidazole rings is 1. The summed E-state index contributed by atoms with van der Waals surface area (Å²) in [4.78, 5) is 7.80. The Morgan fingerprint density at radius 3 is 2.70 bits per heavy atom. The van der Waals surface area contributed by atoms with E-state index in [0.717, 1.165) is 12.0 Å². The number of hydrogen-bond donors (Lipinski definition) is 1. The van der Waals surface area contributed by atoms with Gasteiger partial charge in [0.1, 0.15) is 15.9 Å². The molecule has 0 fully saturated rings. The Morgan fingerprint density at radius 2 is 2.10 bits per heavy atom. The molecular weight excluding hydrogens is 323 g/mol. The largest absolute Gasteiger partial charge is 0.338 e. The quantitative estimate of drug-likeness (QED) is 0.843. The number of sulfonamides is 1. The minimum atomic E-state index is -3.66. The van der Waals surface area contributed by atoms with Crippen LogP contribution in [0, 0.1) is 0 Å². The number of halogens is 2. The van der Waals surface area contributed by atoms with Crippen molar-refractivity contribution < 1.29 is 8.42 Å². The molecular formula is C11H12Cl2N4O2S. The average molecular weight is 335 g/mol. The summed E-state index contributed by atoms with van der Waals surface area (Å²) in [5, 5.41) is 0.164. The van der Waals surface area contributed by atoms with Gasteiger partial charge in [-0.05, 0) is 6.07 Å². The van der Waals surface area contributed by atoms with Crippen LogP contribution in [0.1, 0.15) is 5.82 Å². The summed E-state index contributed by atoms with van der Waals surface area (Å²) < 4.78 is 28.4. The molecule has 0 atom stereocenters. The molecule has 0 radical (unpaired) electrons. The van der Waals surface area contributed by atoms with Gasteiger partial charge in [-0.1, -0.05) is 23.2 Å². The maximum atomic E-state index is 12.0. The highest BCUT2D eigenvalue weighted by molar-refractivity contribution is 7.89. The van der Waals surface area contributed by atoms with E-state index in [1.807, 2.05) is 11.6 Å². The Bertz CT molecular complexity index is 715. The van der Waals surface area contributed by atoms with Gasteiger partial charge in [-0.15, -0.1) is 0 Å². The second kappa shape index (κ2) is 6.09. The molecule has 0 aromatic carbocycles. The monoisotopic (exact) mass is 334 g/mol. The van der Waals surface area contributed by atoms with Gasteiger partial charge in [-0.25, -0.2) is 23.1 Å². The predicted octanol–water partition coefficient (Wildman–Crippen LogP) is 1.64. The molecule has 0 amide bonds. The maximum absolute atomic E-state index is 12.0. The van der Waals surface area contributed by atoms with Crippen LogP contribution < -0.4 is 4.72 Å². The lowest BCUT2D eigenvalue weighted by atomic mass is 10.4. The SMILES string of the molecule is Cn1ccnc1CCNS(=O)(=O)c1cnc(Cl)c(Cl)c1. The van der Waals surface area contributed by atoms with E-state index >= 15 is 0 Å². The Labute approximate surface area is 126 Å². The highest BCUT2D eigenvalue weighted by atomic mass is 35.5. The topological polar surface area (TPSA) is 76.9 Å². The standard InChI is InChI=1S/C11H12Cl2N4O2S/c1-17-5-4-14-10(17)2-3-16-20(18,19)8-6-9(12)11(13)15-7-8/h4-7,16H,2-3H2,1H3. The Kier molecular flexibility index (Phi) is 4.64. The van der Waals surface area contributed by atoms with Gasteiger partial charge in [0.25, 0.3) is 0 Å². The average Bonchev–Trinajstić information content (AvgIpc) is 2.78. The van der Waals surface area contributed by atoms with Gasteiger partial charge >= 0.3 is 0 Å². The van der Waals surface area contributed by atoms with E-state index in [-0.39, 0.29) is 21.6 Å². The third-order valence-corrected chi connectivity index (χ3v) is 4.76. The molecule has 2 aromatic rings. The van der Waals surface area contributed by atoms with Crippen molar-refractivity contribution in [3.63, 3.8) is 0 Å². The lowest BCUT2D eigenvalue weighted by Crippen LogP contribution is -2.26. The molecule has 0 saturated heterocycles. The van der Waals surface area contributed by atoms with Crippen molar-refractivity contribution in [3.8, 4) is 0 Å². The summed E-state index contributed by atoms with van der Waals surface area (Å²) in [6, 6.07) is 1.26. The van der Waals surface area contributed by atoms with Gasteiger partial charge in [0, 0.05) is 38.6 Å².